The zero-order valence-corrected chi connectivity index (χ0v) is 13.2. The fourth-order valence-electron chi connectivity index (χ4n) is 2.07. The van der Waals surface area contributed by atoms with E-state index >= 15 is 0 Å². The van der Waals surface area contributed by atoms with E-state index in [1.165, 1.54) is 13.2 Å². The standard InChI is InChI=1S/C20H15NO3/c1-3-11-24-19-10-5-4-7-15(19)12-17(14-21)20(22)16-8-6-9-18(13-16)23-2/h1,4-10,12-13H,11H2,2H3/b17-12+. The summed E-state index contributed by atoms with van der Waals surface area (Å²) in [6, 6.07) is 15.7. The van der Waals surface area contributed by atoms with Crippen LogP contribution in [0.15, 0.2) is 54.1 Å². The summed E-state index contributed by atoms with van der Waals surface area (Å²) < 4.78 is 10.5. The number of ketones is 1. The van der Waals surface area contributed by atoms with Crippen LogP contribution in [-0.2, 0) is 0 Å². The number of carbonyl (C=O) groups excluding carboxylic acids is 1. The van der Waals surface area contributed by atoms with E-state index in [4.69, 9.17) is 15.9 Å². The molecule has 4 heteroatoms. The highest BCUT2D eigenvalue weighted by Gasteiger charge is 2.14. The monoisotopic (exact) mass is 317 g/mol. The van der Waals surface area contributed by atoms with Crippen LogP contribution in [0.5, 0.6) is 11.5 Å². The third kappa shape index (κ3) is 4.03. The average molecular weight is 317 g/mol. The number of ether oxygens (including phenoxy) is 2. The summed E-state index contributed by atoms with van der Waals surface area (Å²) in [6.07, 6.45) is 6.69. The largest absolute Gasteiger partial charge is 0.497 e. The van der Waals surface area contributed by atoms with E-state index in [1.807, 2.05) is 6.07 Å². The number of terminal acetylenes is 1. The summed E-state index contributed by atoms with van der Waals surface area (Å²) in [5, 5.41) is 9.37. The minimum atomic E-state index is -0.386. The van der Waals surface area contributed by atoms with Crippen LogP contribution in [0.1, 0.15) is 15.9 Å². The zero-order chi connectivity index (χ0) is 17.4. The van der Waals surface area contributed by atoms with Crippen LogP contribution >= 0.6 is 0 Å². The molecule has 0 aliphatic carbocycles. The van der Waals surface area contributed by atoms with Crippen molar-refractivity contribution in [3.05, 3.63) is 65.2 Å². The summed E-state index contributed by atoms with van der Waals surface area (Å²) in [5.41, 5.74) is 0.990. The van der Waals surface area contributed by atoms with E-state index in [9.17, 15) is 10.1 Å². The summed E-state index contributed by atoms with van der Waals surface area (Å²) in [6.45, 7) is 0.108. The van der Waals surface area contributed by atoms with Gasteiger partial charge < -0.3 is 9.47 Å². The number of benzene rings is 2. The second-order valence-corrected chi connectivity index (χ2v) is 4.76. The predicted octanol–water partition coefficient (Wildman–Crippen LogP) is 3.50. The van der Waals surface area contributed by atoms with E-state index in [-0.39, 0.29) is 18.0 Å². The van der Waals surface area contributed by atoms with Gasteiger partial charge in [-0.15, -0.1) is 6.42 Å². The normalized spacial score (nSPS) is 10.4. The summed E-state index contributed by atoms with van der Waals surface area (Å²) in [4.78, 5) is 12.6. The summed E-state index contributed by atoms with van der Waals surface area (Å²) in [5.74, 6) is 3.06. The van der Waals surface area contributed by atoms with Crippen molar-refractivity contribution in [3.63, 3.8) is 0 Å². The maximum Gasteiger partial charge on any atom is 0.203 e. The van der Waals surface area contributed by atoms with Crippen LogP contribution in [0.2, 0.25) is 0 Å². The molecule has 0 aromatic heterocycles. The number of allylic oxidation sites excluding steroid dienone is 1. The van der Waals surface area contributed by atoms with Gasteiger partial charge in [0.1, 0.15) is 29.7 Å². The minimum Gasteiger partial charge on any atom is -0.497 e. The molecule has 2 aromatic rings. The lowest BCUT2D eigenvalue weighted by molar-refractivity contribution is 0.103. The Morgan fingerprint density at radius 3 is 2.75 bits per heavy atom. The van der Waals surface area contributed by atoms with Crippen LogP contribution in [0, 0.1) is 23.7 Å². The Labute approximate surface area is 140 Å². The molecule has 0 aliphatic rings. The van der Waals surface area contributed by atoms with Gasteiger partial charge in [-0.25, -0.2) is 0 Å². The van der Waals surface area contributed by atoms with Crippen molar-refractivity contribution in [2.75, 3.05) is 13.7 Å². The molecule has 0 unspecified atom stereocenters. The van der Waals surface area contributed by atoms with Crippen LogP contribution in [0.4, 0.5) is 0 Å². The molecule has 0 bridgehead atoms. The Kier molecular flexibility index (Phi) is 5.77. The third-order valence-corrected chi connectivity index (χ3v) is 3.23. The predicted molar refractivity (Wildman–Crippen MR) is 91.7 cm³/mol. The first-order chi connectivity index (χ1) is 11.7. The van der Waals surface area contributed by atoms with Crippen molar-refractivity contribution in [2.45, 2.75) is 0 Å². The van der Waals surface area contributed by atoms with E-state index < -0.39 is 0 Å². The van der Waals surface area contributed by atoms with Crippen molar-refractivity contribution in [1.82, 2.24) is 0 Å². The highest BCUT2D eigenvalue weighted by Crippen LogP contribution is 2.23. The van der Waals surface area contributed by atoms with Crippen molar-refractivity contribution in [3.8, 4) is 29.9 Å². The summed E-state index contributed by atoms with van der Waals surface area (Å²) in [7, 11) is 1.52. The second-order valence-electron chi connectivity index (χ2n) is 4.76. The molecule has 0 aliphatic heterocycles. The number of methoxy groups -OCH3 is 1. The molecule has 0 N–H and O–H groups in total. The quantitative estimate of drug-likeness (QED) is 0.354. The van der Waals surface area contributed by atoms with Crippen LogP contribution in [0.3, 0.4) is 0 Å². The first kappa shape index (κ1) is 16.9. The fraction of sp³-hybridized carbons (Fsp3) is 0.100. The Hall–Kier alpha value is -3.50. The molecule has 4 nitrogen and oxygen atoms in total. The third-order valence-electron chi connectivity index (χ3n) is 3.23. The van der Waals surface area contributed by atoms with Crippen LogP contribution in [-0.4, -0.2) is 19.5 Å². The molecule has 0 saturated carbocycles. The van der Waals surface area contributed by atoms with Gasteiger partial charge in [-0.05, 0) is 24.3 Å². The van der Waals surface area contributed by atoms with Gasteiger partial charge in [0, 0.05) is 11.1 Å². The fourth-order valence-corrected chi connectivity index (χ4v) is 2.07. The average Bonchev–Trinajstić information content (AvgIpc) is 2.64. The van der Waals surface area contributed by atoms with Gasteiger partial charge in [-0.3, -0.25) is 4.79 Å². The Balaban J connectivity index is 2.38. The van der Waals surface area contributed by atoms with Gasteiger partial charge in [0.05, 0.1) is 7.11 Å². The van der Waals surface area contributed by atoms with E-state index in [2.05, 4.69) is 5.92 Å². The van der Waals surface area contributed by atoms with Crippen molar-refractivity contribution >= 4 is 11.9 Å². The molecule has 118 valence electrons. The number of carbonyl (C=O) groups is 1. The number of nitriles is 1. The molecule has 0 amide bonds. The number of hydrogen-bond acceptors (Lipinski definition) is 4. The molecule has 0 radical (unpaired) electrons. The minimum absolute atomic E-state index is 0.00000992. The molecule has 0 saturated heterocycles. The number of Topliss-reactive ketones (excluding diaryl/α,β-unsaturated/α-hetero) is 1. The molecular weight excluding hydrogens is 302 g/mol. The maximum atomic E-state index is 12.6. The molecule has 0 heterocycles. The Morgan fingerprint density at radius 2 is 2.04 bits per heavy atom. The van der Waals surface area contributed by atoms with Crippen molar-refractivity contribution in [1.29, 1.82) is 5.26 Å². The number of hydrogen-bond donors (Lipinski definition) is 0. The van der Waals surface area contributed by atoms with E-state index in [0.717, 1.165) is 0 Å². The van der Waals surface area contributed by atoms with E-state index in [1.54, 1.807) is 48.5 Å². The topological polar surface area (TPSA) is 59.3 Å². The second kappa shape index (κ2) is 8.22. The van der Waals surface area contributed by atoms with Gasteiger partial charge in [-0.2, -0.15) is 5.26 Å². The van der Waals surface area contributed by atoms with Crippen molar-refractivity contribution < 1.29 is 14.3 Å². The Morgan fingerprint density at radius 1 is 1.25 bits per heavy atom. The SMILES string of the molecule is C#CCOc1ccccc1/C=C(\C#N)C(=O)c1cccc(OC)c1. The number of rotatable bonds is 6. The summed E-state index contributed by atoms with van der Waals surface area (Å²) >= 11 is 0. The highest BCUT2D eigenvalue weighted by molar-refractivity contribution is 6.14. The smallest absolute Gasteiger partial charge is 0.203 e. The van der Waals surface area contributed by atoms with Gasteiger partial charge >= 0.3 is 0 Å². The van der Waals surface area contributed by atoms with Gasteiger partial charge in [0.25, 0.3) is 0 Å². The first-order valence-electron chi connectivity index (χ1n) is 7.15. The molecule has 0 spiro atoms. The van der Waals surface area contributed by atoms with Gasteiger partial charge in [0.15, 0.2) is 0 Å². The van der Waals surface area contributed by atoms with Gasteiger partial charge in [0.2, 0.25) is 5.78 Å². The van der Waals surface area contributed by atoms with Crippen LogP contribution < -0.4 is 9.47 Å². The van der Waals surface area contributed by atoms with Crippen molar-refractivity contribution in [2.24, 2.45) is 0 Å². The first-order valence-corrected chi connectivity index (χ1v) is 7.15. The number of nitrogens with zero attached hydrogens (tertiary/aromatic N) is 1. The molecule has 0 fully saturated rings. The molecule has 2 rings (SSSR count). The van der Waals surface area contributed by atoms with E-state index in [0.29, 0.717) is 22.6 Å². The maximum absolute atomic E-state index is 12.6. The molecule has 2 aromatic carbocycles. The lowest BCUT2D eigenvalue weighted by Crippen LogP contribution is -2.03. The zero-order valence-electron chi connectivity index (χ0n) is 13.2. The molecule has 0 atom stereocenters. The Bertz CT molecular complexity index is 854. The molecular formula is C20H15NO3. The highest BCUT2D eigenvalue weighted by atomic mass is 16.5. The lowest BCUT2D eigenvalue weighted by atomic mass is 10.0. The number of para-hydroxylation sites is 1. The van der Waals surface area contributed by atoms with Gasteiger partial charge in [-0.1, -0.05) is 36.3 Å². The molecule has 24 heavy (non-hydrogen) atoms. The van der Waals surface area contributed by atoms with Crippen LogP contribution in [0.25, 0.3) is 6.08 Å². The lowest BCUT2D eigenvalue weighted by Gasteiger charge is -2.07.